The van der Waals surface area contributed by atoms with E-state index in [1.165, 1.54) is 13.3 Å². The zero-order valence-corrected chi connectivity index (χ0v) is 18.3. The van der Waals surface area contributed by atoms with Gasteiger partial charge in [0.05, 0.1) is 19.9 Å². The molecule has 2 amide bonds. The maximum atomic E-state index is 12.0. The highest BCUT2D eigenvalue weighted by Crippen LogP contribution is 2.27. The topological polar surface area (TPSA) is 115 Å². The predicted octanol–water partition coefficient (Wildman–Crippen LogP) is 2.81. The van der Waals surface area contributed by atoms with E-state index in [1.54, 1.807) is 31.2 Å². The molecular weight excluding hydrogens is 414 g/mol. The molecule has 0 heterocycles. The van der Waals surface area contributed by atoms with Gasteiger partial charge in [0.25, 0.3) is 0 Å². The number of hydrazone groups is 1. The summed E-state index contributed by atoms with van der Waals surface area (Å²) < 4.78 is 15.5. The van der Waals surface area contributed by atoms with Gasteiger partial charge in [-0.3, -0.25) is 9.59 Å². The Hall–Kier alpha value is -3.88. The number of esters is 1. The summed E-state index contributed by atoms with van der Waals surface area (Å²) in [6, 6.07) is 12.4. The highest BCUT2D eigenvalue weighted by molar-refractivity contribution is 5.94. The van der Waals surface area contributed by atoms with E-state index >= 15 is 0 Å². The van der Waals surface area contributed by atoms with Crippen LogP contribution >= 0.6 is 0 Å². The van der Waals surface area contributed by atoms with Gasteiger partial charge in [0.2, 0.25) is 11.8 Å². The molecule has 0 bridgehead atoms. The van der Waals surface area contributed by atoms with E-state index in [0.717, 1.165) is 11.3 Å². The number of amides is 2. The number of rotatable bonds is 11. The standard InChI is InChI=1S/C23H27N3O6/c1-4-31-23(29)15-32-19-10-9-17(13-20(19)30-3)14-24-26-22(28)12-11-21(27)25-18-8-6-5-7-16(18)2/h5-10,13-14H,4,11-12,15H2,1-3H3,(H,25,27)(H,26,28). The smallest absolute Gasteiger partial charge is 0.344 e. The minimum Gasteiger partial charge on any atom is -0.493 e. The summed E-state index contributed by atoms with van der Waals surface area (Å²) in [5.41, 5.74) is 4.70. The number of carbonyl (C=O) groups excluding carboxylic acids is 3. The number of para-hydroxylation sites is 1. The van der Waals surface area contributed by atoms with Crippen molar-refractivity contribution in [2.24, 2.45) is 5.10 Å². The molecule has 0 aliphatic rings. The van der Waals surface area contributed by atoms with E-state index < -0.39 is 5.97 Å². The van der Waals surface area contributed by atoms with Crippen LogP contribution in [0.2, 0.25) is 0 Å². The van der Waals surface area contributed by atoms with E-state index in [2.05, 4.69) is 15.8 Å². The molecule has 0 unspecified atom stereocenters. The van der Waals surface area contributed by atoms with Gasteiger partial charge in [-0.25, -0.2) is 10.2 Å². The first-order valence-electron chi connectivity index (χ1n) is 10.1. The lowest BCUT2D eigenvalue weighted by atomic mass is 10.2. The monoisotopic (exact) mass is 441 g/mol. The lowest BCUT2D eigenvalue weighted by molar-refractivity contribution is -0.145. The van der Waals surface area contributed by atoms with Gasteiger partial charge in [0.1, 0.15) is 0 Å². The van der Waals surface area contributed by atoms with Gasteiger partial charge >= 0.3 is 5.97 Å². The molecular formula is C23H27N3O6. The summed E-state index contributed by atoms with van der Waals surface area (Å²) >= 11 is 0. The van der Waals surface area contributed by atoms with E-state index in [0.29, 0.717) is 17.1 Å². The van der Waals surface area contributed by atoms with Crippen LogP contribution in [-0.2, 0) is 19.1 Å². The molecule has 2 aromatic carbocycles. The van der Waals surface area contributed by atoms with Crippen LogP contribution in [-0.4, -0.2) is 44.3 Å². The van der Waals surface area contributed by atoms with Crippen molar-refractivity contribution in [2.45, 2.75) is 26.7 Å². The summed E-state index contributed by atoms with van der Waals surface area (Å²) in [7, 11) is 1.47. The number of aryl methyl sites for hydroxylation is 1. The molecule has 0 spiro atoms. The van der Waals surface area contributed by atoms with Crippen molar-refractivity contribution in [3.05, 3.63) is 53.6 Å². The number of nitrogens with zero attached hydrogens (tertiary/aromatic N) is 1. The van der Waals surface area contributed by atoms with Gasteiger partial charge in [-0.05, 0) is 49.2 Å². The summed E-state index contributed by atoms with van der Waals surface area (Å²) in [5, 5.41) is 6.67. The van der Waals surface area contributed by atoms with Crippen molar-refractivity contribution < 1.29 is 28.6 Å². The molecule has 0 saturated heterocycles. The number of hydrogen-bond acceptors (Lipinski definition) is 7. The fourth-order valence-corrected chi connectivity index (χ4v) is 2.61. The van der Waals surface area contributed by atoms with Crippen LogP contribution in [0.25, 0.3) is 0 Å². The first kappa shape index (κ1) is 24.4. The van der Waals surface area contributed by atoms with E-state index in [4.69, 9.17) is 14.2 Å². The lowest BCUT2D eigenvalue weighted by Gasteiger charge is -2.10. The summed E-state index contributed by atoms with van der Waals surface area (Å²) in [6.45, 7) is 3.65. The Morgan fingerprint density at radius 1 is 1.03 bits per heavy atom. The number of methoxy groups -OCH3 is 1. The molecule has 0 fully saturated rings. The van der Waals surface area contributed by atoms with E-state index in [-0.39, 0.29) is 37.9 Å². The summed E-state index contributed by atoms with van der Waals surface area (Å²) in [5.74, 6) is -0.335. The summed E-state index contributed by atoms with van der Waals surface area (Å²) in [4.78, 5) is 35.4. The minimum absolute atomic E-state index is 0.000979. The maximum Gasteiger partial charge on any atom is 0.344 e. The first-order valence-corrected chi connectivity index (χ1v) is 10.1. The quantitative estimate of drug-likeness (QED) is 0.315. The fourth-order valence-electron chi connectivity index (χ4n) is 2.61. The van der Waals surface area contributed by atoms with Crippen molar-refractivity contribution in [3.63, 3.8) is 0 Å². The largest absolute Gasteiger partial charge is 0.493 e. The Morgan fingerprint density at radius 3 is 2.50 bits per heavy atom. The highest BCUT2D eigenvalue weighted by Gasteiger charge is 2.10. The van der Waals surface area contributed by atoms with Gasteiger partial charge in [-0.15, -0.1) is 0 Å². The second-order valence-corrected chi connectivity index (χ2v) is 6.66. The molecule has 0 radical (unpaired) electrons. The van der Waals surface area contributed by atoms with Crippen LogP contribution in [0, 0.1) is 6.92 Å². The first-order chi connectivity index (χ1) is 15.4. The molecule has 170 valence electrons. The third kappa shape index (κ3) is 8.10. The molecule has 2 rings (SSSR count). The number of hydrogen-bond donors (Lipinski definition) is 2. The van der Waals surface area contributed by atoms with Gasteiger partial charge < -0.3 is 19.5 Å². The van der Waals surface area contributed by atoms with E-state index in [1.807, 2.05) is 25.1 Å². The Morgan fingerprint density at radius 2 is 1.78 bits per heavy atom. The average molecular weight is 441 g/mol. The van der Waals surface area contributed by atoms with Crippen LogP contribution in [0.3, 0.4) is 0 Å². The van der Waals surface area contributed by atoms with E-state index in [9.17, 15) is 14.4 Å². The van der Waals surface area contributed by atoms with Crippen LogP contribution in [0.15, 0.2) is 47.6 Å². The van der Waals surface area contributed by atoms with Crippen molar-refractivity contribution in [3.8, 4) is 11.5 Å². The normalized spacial score (nSPS) is 10.5. The Kier molecular flexibility index (Phi) is 9.70. The second kappa shape index (κ2) is 12.7. The van der Waals surface area contributed by atoms with Crippen molar-refractivity contribution in [1.82, 2.24) is 5.43 Å². The second-order valence-electron chi connectivity index (χ2n) is 6.66. The molecule has 0 saturated carbocycles. The number of nitrogens with one attached hydrogen (secondary N) is 2. The summed E-state index contributed by atoms with van der Waals surface area (Å²) in [6.07, 6.45) is 1.47. The van der Waals surface area contributed by atoms with Crippen LogP contribution in [0.5, 0.6) is 11.5 Å². The molecule has 9 heteroatoms. The maximum absolute atomic E-state index is 12.0. The molecule has 0 aliphatic carbocycles. The Balaban J connectivity index is 1.81. The van der Waals surface area contributed by atoms with Crippen LogP contribution in [0.1, 0.15) is 30.9 Å². The lowest BCUT2D eigenvalue weighted by Crippen LogP contribution is -2.20. The third-order valence-corrected chi connectivity index (χ3v) is 4.24. The molecule has 2 aromatic rings. The zero-order valence-electron chi connectivity index (χ0n) is 18.3. The van der Waals surface area contributed by atoms with Gasteiger partial charge in [-0.2, -0.15) is 5.10 Å². The molecule has 2 N–H and O–H groups in total. The molecule has 0 aliphatic heterocycles. The Bertz CT molecular complexity index is 974. The predicted molar refractivity (Wildman–Crippen MR) is 120 cm³/mol. The fraction of sp³-hybridized carbons (Fsp3) is 0.304. The number of carbonyl (C=O) groups is 3. The molecule has 0 atom stereocenters. The Labute approximate surface area is 186 Å². The number of benzene rings is 2. The number of anilines is 1. The minimum atomic E-state index is -0.476. The van der Waals surface area contributed by atoms with Crippen molar-refractivity contribution in [1.29, 1.82) is 0 Å². The van der Waals surface area contributed by atoms with Crippen LogP contribution < -0.4 is 20.2 Å². The van der Waals surface area contributed by atoms with Crippen molar-refractivity contribution in [2.75, 3.05) is 25.6 Å². The van der Waals surface area contributed by atoms with Crippen molar-refractivity contribution >= 4 is 29.7 Å². The van der Waals surface area contributed by atoms with Crippen LogP contribution in [0.4, 0.5) is 5.69 Å². The number of ether oxygens (including phenoxy) is 3. The average Bonchev–Trinajstić information content (AvgIpc) is 2.78. The van der Waals surface area contributed by atoms with Gasteiger partial charge in [0, 0.05) is 18.5 Å². The zero-order chi connectivity index (χ0) is 23.3. The molecule has 0 aromatic heterocycles. The van der Waals surface area contributed by atoms with Gasteiger partial charge in [-0.1, -0.05) is 18.2 Å². The third-order valence-electron chi connectivity index (χ3n) is 4.24. The molecule has 9 nitrogen and oxygen atoms in total. The highest BCUT2D eigenvalue weighted by atomic mass is 16.6. The molecule has 32 heavy (non-hydrogen) atoms. The van der Waals surface area contributed by atoms with Gasteiger partial charge in [0.15, 0.2) is 18.1 Å². The SMILES string of the molecule is CCOC(=O)COc1ccc(C=NNC(=O)CCC(=O)Nc2ccccc2C)cc1OC.